The van der Waals surface area contributed by atoms with Crippen molar-refractivity contribution in [2.24, 2.45) is 5.92 Å². The maximum Gasteiger partial charge on any atom is 0.225 e. The van der Waals surface area contributed by atoms with Gasteiger partial charge in [0.15, 0.2) is 0 Å². The fraction of sp³-hybridized carbons (Fsp3) is 0.917. The Balaban J connectivity index is 2.49. The van der Waals surface area contributed by atoms with E-state index in [0.717, 1.165) is 38.8 Å². The van der Waals surface area contributed by atoms with Gasteiger partial charge in [0, 0.05) is 19.0 Å². The minimum atomic E-state index is 0.261. The molecule has 0 aliphatic carbocycles. The second-order valence-corrected chi connectivity index (χ2v) is 4.44. The van der Waals surface area contributed by atoms with E-state index in [9.17, 15) is 4.79 Å². The topological polar surface area (TPSA) is 32.3 Å². The van der Waals surface area contributed by atoms with E-state index in [4.69, 9.17) is 0 Å². The van der Waals surface area contributed by atoms with Crippen molar-refractivity contribution in [3.63, 3.8) is 0 Å². The first-order valence-corrected chi connectivity index (χ1v) is 6.18. The minimum absolute atomic E-state index is 0.261. The Morgan fingerprint density at radius 2 is 1.87 bits per heavy atom. The molecule has 1 rings (SSSR count). The first-order chi connectivity index (χ1) is 7.20. The van der Waals surface area contributed by atoms with Gasteiger partial charge in [-0.05, 0) is 38.8 Å². The lowest BCUT2D eigenvalue weighted by atomic mass is 9.95. The molecular weight excluding hydrogens is 188 g/mol. The molecule has 0 aromatic heterocycles. The number of piperidine rings is 1. The van der Waals surface area contributed by atoms with Crippen LogP contribution in [0.25, 0.3) is 0 Å². The van der Waals surface area contributed by atoms with Crippen LogP contribution in [-0.4, -0.2) is 37.0 Å². The van der Waals surface area contributed by atoms with Gasteiger partial charge in [0.2, 0.25) is 5.91 Å². The zero-order valence-corrected chi connectivity index (χ0v) is 10.3. The fourth-order valence-corrected chi connectivity index (χ4v) is 2.37. The number of amides is 1. The van der Waals surface area contributed by atoms with Crippen molar-refractivity contribution >= 4 is 5.91 Å². The second-order valence-electron chi connectivity index (χ2n) is 4.44. The molecular formula is C12H24N2O. The van der Waals surface area contributed by atoms with Crippen LogP contribution in [0.4, 0.5) is 0 Å². The predicted molar refractivity (Wildman–Crippen MR) is 62.7 cm³/mol. The zero-order chi connectivity index (χ0) is 11.3. The minimum Gasteiger partial charge on any atom is -0.343 e. The Kier molecular flexibility index (Phi) is 5.09. The molecule has 0 radical (unpaired) electrons. The van der Waals surface area contributed by atoms with Crippen LogP contribution in [0.2, 0.25) is 0 Å². The summed E-state index contributed by atoms with van der Waals surface area (Å²) in [6, 6.07) is 0.424. The monoisotopic (exact) mass is 212 g/mol. The Hall–Kier alpha value is -0.570. The van der Waals surface area contributed by atoms with Gasteiger partial charge in [-0.15, -0.1) is 0 Å². The molecule has 1 N–H and O–H groups in total. The number of rotatable bonds is 4. The second kappa shape index (κ2) is 6.11. The summed E-state index contributed by atoms with van der Waals surface area (Å²) in [6.45, 7) is 6.29. The standard InChI is InChI=1S/C12H24N2O/c1-4-11(5-2)14(3)12(15)10-6-8-13-9-7-10/h10-11,13H,4-9H2,1-3H3. The summed E-state index contributed by atoms with van der Waals surface area (Å²) in [5.74, 6) is 0.613. The van der Waals surface area contributed by atoms with Crippen molar-refractivity contribution < 1.29 is 4.79 Å². The van der Waals surface area contributed by atoms with Crippen molar-refractivity contribution in [3.8, 4) is 0 Å². The molecule has 1 heterocycles. The van der Waals surface area contributed by atoms with Crippen LogP contribution in [0.15, 0.2) is 0 Å². The first kappa shape index (κ1) is 12.5. The summed E-state index contributed by atoms with van der Waals surface area (Å²) in [7, 11) is 1.96. The highest BCUT2D eigenvalue weighted by atomic mass is 16.2. The molecule has 3 nitrogen and oxygen atoms in total. The number of carbonyl (C=O) groups is 1. The van der Waals surface area contributed by atoms with E-state index in [1.807, 2.05) is 11.9 Å². The zero-order valence-electron chi connectivity index (χ0n) is 10.3. The highest BCUT2D eigenvalue weighted by Gasteiger charge is 2.26. The molecule has 0 saturated carbocycles. The van der Waals surface area contributed by atoms with Gasteiger partial charge in [-0.25, -0.2) is 0 Å². The largest absolute Gasteiger partial charge is 0.343 e. The van der Waals surface area contributed by atoms with Gasteiger partial charge in [0.05, 0.1) is 0 Å². The van der Waals surface area contributed by atoms with Crippen LogP contribution in [0.5, 0.6) is 0 Å². The van der Waals surface area contributed by atoms with Crippen LogP contribution in [0.3, 0.4) is 0 Å². The summed E-state index contributed by atoms with van der Waals surface area (Å²) in [5.41, 5.74) is 0. The van der Waals surface area contributed by atoms with E-state index in [0.29, 0.717) is 11.9 Å². The van der Waals surface area contributed by atoms with Crippen molar-refractivity contribution in [2.75, 3.05) is 20.1 Å². The average Bonchev–Trinajstić information content (AvgIpc) is 2.30. The summed E-state index contributed by atoms with van der Waals surface area (Å²) in [6.07, 6.45) is 4.13. The van der Waals surface area contributed by atoms with E-state index in [1.165, 1.54) is 0 Å². The summed E-state index contributed by atoms with van der Waals surface area (Å²) in [4.78, 5) is 14.1. The SMILES string of the molecule is CCC(CC)N(C)C(=O)C1CCNCC1. The first-order valence-electron chi connectivity index (χ1n) is 6.18. The quantitative estimate of drug-likeness (QED) is 0.768. The number of carbonyl (C=O) groups excluding carboxylic acids is 1. The van der Waals surface area contributed by atoms with Crippen molar-refractivity contribution in [1.82, 2.24) is 10.2 Å². The normalized spacial score (nSPS) is 18.1. The highest BCUT2D eigenvalue weighted by molar-refractivity contribution is 5.79. The molecule has 3 heteroatoms. The number of hydrogen-bond donors (Lipinski definition) is 1. The lowest BCUT2D eigenvalue weighted by molar-refractivity contribution is -0.137. The van der Waals surface area contributed by atoms with Gasteiger partial charge in [0.25, 0.3) is 0 Å². The summed E-state index contributed by atoms with van der Waals surface area (Å²) < 4.78 is 0. The Morgan fingerprint density at radius 3 is 2.33 bits per heavy atom. The van der Waals surface area contributed by atoms with E-state index in [-0.39, 0.29) is 5.92 Å². The van der Waals surface area contributed by atoms with E-state index in [1.54, 1.807) is 0 Å². The molecule has 0 aromatic rings. The van der Waals surface area contributed by atoms with Crippen LogP contribution in [0, 0.1) is 5.92 Å². The van der Waals surface area contributed by atoms with Gasteiger partial charge in [-0.2, -0.15) is 0 Å². The smallest absolute Gasteiger partial charge is 0.225 e. The van der Waals surface area contributed by atoms with Gasteiger partial charge in [-0.3, -0.25) is 4.79 Å². The molecule has 1 aliphatic rings. The molecule has 15 heavy (non-hydrogen) atoms. The van der Waals surface area contributed by atoms with Crippen LogP contribution in [0.1, 0.15) is 39.5 Å². The number of nitrogens with one attached hydrogen (secondary N) is 1. The van der Waals surface area contributed by atoms with Gasteiger partial charge in [0.1, 0.15) is 0 Å². The van der Waals surface area contributed by atoms with Crippen molar-refractivity contribution in [3.05, 3.63) is 0 Å². The molecule has 88 valence electrons. The molecule has 0 spiro atoms. The Morgan fingerprint density at radius 1 is 1.33 bits per heavy atom. The van der Waals surface area contributed by atoms with Gasteiger partial charge < -0.3 is 10.2 Å². The molecule has 1 amide bonds. The predicted octanol–water partition coefficient (Wildman–Crippen LogP) is 1.63. The van der Waals surface area contributed by atoms with E-state index in [2.05, 4.69) is 19.2 Å². The van der Waals surface area contributed by atoms with Crippen LogP contribution < -0.4 is 5.32 Å². The highest BCUT2D eigenvalue weighted by Crippen LogP contribution is 2.17. The number of hydrogen-bond acceptors (Lipinski definition) is 2. The third-order valence-corrected chi connectivity index (χ3v) is 3.53. The fourth-order valence-electron chi connectivity index (χ4n) is 2.37. The van der Waals surface area contributed by atoms with Crippen LogP contribution in [-0.2, 0) is 4.79 Å². The maximum absolute atomic E-state index is 12.2. The average molecular weight is 212 g/mol. The summed E-state index contributed by atoms with van der Waals surface area (Å²) >= 11 is 0. The molecule has 1 aliphatic heterocycles. The molecule has 1 saturated heterocycles. The molecule has 0 bridgehead atoms. The van der Waals surface area contributed by atoms with Gasteiger partial charge >= 0.3 is 0 Å². The molecule has 1 fully saturated rings. The Labute approximate surface area is 93.2 Å². The molecule has 0 aromatic carbocycles. The third kappa shape index (κ3) is 3.20. The lowest BCUT2D eigenvalue weighted by Gasteiger charge is -2.31. The van der Waals surface area contributed by atoms with Crippen molar-refractivity contribution in [1.29, 1.82) is 0 Å². The molecule has 0 atom stereocenters. The van der Waals surface area contributed by atoms with E-state index >= 15 is 0 Å². The van der Waals surface area contributed by atoms with Gasteiger partial charge in [-0.1, -0.05) is 13.8 Å². The maximum atomic E-state index is 12.2. The Bertz CT molecular complexity index is 196. The summed E-state index contributed by atoms with van der Waals surface area (Å²) in [5, 5.41) is 3.29. The lowest BCUT2D eigenvalue weighted by Crippen LogP contribution is -2.43. The molecule has 0 unspecified atom stereocenters. The van der Waals surface area contributed by atoms with Crippen molar-refractivity contribution in [2.45, 2.75) is 45.6 Å². The third-order valence-electron chi connectivity index (χ3n) is 3.53. The van der Waals surface area contributed by atoms with E-state index < -0.39 is 0 Å². The van der Waals surface area contributed by atoms with Crippen LogP contribution >= 0.6 is 0 Å². The number of nitrogens with zero attached hydrogens (tertiary/aromatic N) is 1.